The van der Waals surface area contributed by atoms with Crippen LogP contribution in [0, 0.1) is 0 Å². The molecule has 4 nitrogen and oxygen atoms in total. The lowest BCUT2D eigenvalue weighted by atomic mass is 9.93. The molecule has 90 valence electrons. The van der Waals surface area contributed by atoms with Crippen LogP contribution in [0.4, 0.5) is 0 Å². The van der Waals surface area contributed by atoms with Gasteiger partial charge in [-0.15, -0.1) is 0 Å². The Kier molecular flexibility index (Phi) is 6.52. The van der Waals surface area contributed by atoms with Crippen molar-refractivity contribution in [2.75, 3.05) is 26.7 Å². The number of carbonyl (C=O) groups is 1. The maximum Gasteiger partial charge on any atom is 0.323 e. The van der Waals surface area contributed by atoms with Crippen LogP contribution in [0.1, 0.15) is 33.6 Å². The van der Waals surface area contributed by atoms with E-state index in [4.69, 9.17) is 0 Å². The first kappa shape index (κ1) is 14.4. The van der Waals surface area contributed by atoms with Crippen LogP contribution in [0.5, 0.6) is 0 Å². The zero-order valence-corrected chi connectivity index (χ0v) is 10.3. The van der Waals surface area contributed by atoms with Gasteiger partial charge in [-0.2, -0.15) is 0 Å². The van der Waals surface area contributed by atoms with Gasteiger partial charge in [0.1, 0.15) is 5.54 Å². The molecule has 0 atom stereocenters. The van der Waals surface area contributed by atoms with E-state index in [9.17, 15) is 9.90 Å². The molecule has 4 heteroatoms. The highest BCUT2D eigenvalue weighted by atomic mass is 16.4. The van der Waals surface area contributed by atoms with E-state index < -0.39 is 11.5 Å². The Morgan fingerprint density at radius 3 is 2.20 bits per heavy atom. The molecule has 0 heterocycles. The molecule has 0 spiro atoms. The molecule has 0 saturated carbocycles. The fourth-order valence-electron chi connectivity index (χ4n) is 1.52. The second-order valence-corrected chi connectivity index (χ2v) is 3.92. The van der Waals surface area contributed by atoms with E-state index in [1.54, 1.807) is 0 Å². The van der Waals surface area contributed by atoms with Gasteiger partial charge in [-0.25, -0.2) is 0 Å². The van der Waals surface area contributed by atoms with Crippen LogP contribution in [-0.4, -0.2) is 48.2 Å². The number of hydrogen-bond acceptors (Lipinski definition) is 3. The number of hydrogen-bond donors (Lipinski definition) is 2. The number of aliphatic carboxylic acids is 1. The van der Waals surface area contributed by atoms with Gasteiger partial charge in [-0.3, -0.25) is 4.79 Å². The van der Waals surface area contributed by atoms with Crippen LogP contribution >= 0.6 is 0 Å². The van der Waals surface area contributed by atoms with E-state index >= 15 is 0 Å². The van der Waals surface area contributed by atoms with Crippen molar-refractivity contribution in [1.29, 1.82) is 0 Å². The Morgan fingerprint density at radius 1 is 1.33 bits per heavy atom. The van der Waals surface area contributed by atoms with Crippen molar-refractivity contribution in [1.82, 2.24) is 10.2 Å². The van der Waals surface area contributed by atoms with Crippen molar-refractivity contribution in [2.45, 2.75) is 39.2 Å². The number of nitrogens with one attached hydrogen (secondary N) is 1. The number of nitrogens with zero attached hydrogens (tertiary/aromatic N) is 1. The van der Waals surface area contributed by atoms with Gasteiger partial charge in [0.25, 0.3) is 0 Å². The molecule has 0 fully saturated rings. The van der Waals surface area contributed by atoms with Gasteiger partial charge in [0.15, 0.2) is 0 Å². The van der Waals surface area contributed by atoms with Gasteiger partial charge in [0.05, 0.1) is 0 Å². The summed E-state index contributed by atoms with van der Waals surface area (Å²) in [7, 11) is 2.03. The standard InChI is InChI=1S/C11H24N2O2/c1-5-11(6-2,10(14)15)12-8-9-13(4)7-3/h12H,5-9H2,1-4H3,(H,14,15). The van der Waals surface area contributed by atoms with Gasteiger partial charge < -0.3 is 15.3 Å². The Labute approximate surface area is 92.7 Å². The molecule has 0 rings (SSSR count). The summed E-state index contributed by atoms with van der Waals surface area (Å²) >= 11 is 0. The molecular formula is C11H24N2O2. The van der Waals surface area contributed by atoms with E-state index in [-0.39, 0.29) is 0 Å². The monoisotopic (exact) mass is 216 g/mol. The number of carboxylic acids is 1. The zero-order valence-electron chi connectivity index (χ0n) is 10.3. The predicted molar refractivity (Wildman–Crippen MR) is 62.1 cm³/mol. The van der Waals surface area contributed by atoms with E-state index in [2.05, 4.69) is 17.1 Å². The van der Waals surface area contributed by atoms with Crippen LogP contribution in [0.15, 0.2) is 0 Å². The van der Waals surface area contributed by atoms with Crippen LogP contribution in [0.3, 0.4) is 0 Å². The normalized spacial score (nSPS) is 12.1. The maximum atomic E-state index is 11.2. The summed E-state index contributed by atoms with van der Waals surface area (Å²) in [5.74, 6) is -0.744. The third-order valence-electron chi connectivity index (χ3n) is 3.11. The summed E-state index contributed by atoms with van der Waals surface area (Å²) in [5.41, 5.74) is -0.741. The molecule has 15 heavy (non-hydrogen) atoms. The molecule has 0 aliphatic heterocycles. The van der Waals surface area contributed by atoms with E-state index in [0.29, 0.717) is 12.8 Å². The highest BCUT2D eigenvalue weighted by Crippen LogP contribution is 2.14. The number of carboxylic acid groups (broad SMARTS) is 1. The van der Waals surface area contributed by atoms with Crippen molar-refractivity contribution in [3.8, 4) is 0 Å². The van der Waals surface area contributed by atoms with Crippen LogP contribution in [0.2, 0.25) is 0 Å². The first-order valence-electron chi connectivity index (χ1n) is 5.69. The largest absolute Gasteiger partial charge is 0.480 e. The smallest absolute Gasteiger partial charge is 0.323 e. The van der Waals surface area contributed by atoms with Gasteiger partial charge in [0.2, 0.25) is 0 Å². The molecule has 0 aliphatic carbocycles. The van der Waals surface area contributed by atoms with Crippen molar-refractivity contribution < 1.29 is 9.90 Å². The average molecular weight is 216 g/mol. The summed E-state index contributed by atoms with van der Waals surface area (Å²) < 4.78 is 0. The van der Waals surface area contributed by atoms with E-state index in [0.717, 1.165) is 19.6 Å². The van der Waals surface area contributed by atoms with Crippen LogP contribution in [-0.2, 0) is 4.79 Å². The van der Waals surface area contributed by atoms with Crippen LogP contribution < -0.4 is 5.32 Å². The van der Waals surface area contributed by atoms with Gasteiger partial charge in [0, 0.05) is 13.1 Å². The van der Waals surface area contributed by atoms with Crippen LogP contribution in [0.25, 0.3) is 0 Å². The average Bonchev–Trinajstić information content (AvgIpc) is 2.24. The molecule has 2 N–H and O–H groups in total. The SMILES string of the molecule is CCN(C)CCNC(CC)(CC)C(=O)O. The van der Waals surface area contributed by atoms with Gasteiger partial charge in [-0.1, -0.05) is 20.8 Å². The van der Waals surface area contributed by atoms with Gasteiger partial charge >= 0.3 is 5.97 Å². The Balaban J connectivity index is 4.13. The number of rotatable bonds is 8. The number of likely N-dealkylation sites (N-methyl/N-ethyl adjacent to an activating group) is 1. The second-order valence-electron chi connectivity index (χ2n) is 3.92. The predicted octanol–water partition coefficient (Wildman–Crippen LogP) is 1.17. The zero-order chi connectivity index (χ0) is 11.9. The highest BCUT2D eigenvalue weighted by molar-refractivity contribution is 5.78. The lowest BCUT2D eigenvalue weighted by Gasteiger charge is -2.29. The fraction of sp³-hybridized carbons (Fsp3) is 0.909. The van der Waals surface area contributed by atoms with Crippen molar-refractivity contribution in [2.24, 2.45) is 0 Å². The molecule has 0 amide bonds. The third-order valence-corrected chi connectivity index (χ3v) is 3.11. The summed E-state index contributed by atoms with van der Waals surface area (Å²) in [6, 6.07) is 0. The van der Waals surface area contributed by atoms with Gasteiger partial charge in [-0.05, 0) is 26.4 Å². The Bertz CT molecular complexity index is 191. The summed E-state index contributed by atoms with van der Waals surface area (Å²) in [4.78, 5) is 13.3. The molecule has 0 aromatic heterocycles. The van der Waals surface area contributed by atoms with Crippen molar-refractivity contribution in [3.05, 3.63) is 0 Å². The topological polar surface area (TPSA) is 52.6 Å². The maximum absolute atomic E-state index is 11.2. The Hall–Kier alpha value is -0.610. The molecule has 0 radical (unpaired) electrons. The van der Waals surface area contributed by atoms with E-state index in [1.807, 2.05) is 20.9 Å². The fourth-order valence-corrected chi connectivity index (χ4v) is 1.52. The highest BCUT2D eigenvalue weighted by Gasteiger charge is 2.33. The van der Waals surface area contributed by atoms with E-state index in [1.165, 1.54) is 0 Å². The minimum Gasteiger partial charge on any atom is -0.480 e. The molecule has 0 aromatic rings. The lowest BCUT2D eigenvalue weighted by molar-refractivity contribution is -0.145. The molecule has 0 bridgehead atoms. The third kappa shape index (κ3) is 4.18. The Morgan fingerprint density at radius 2 is 1.87 bits per heavy atom. The van der Waals surface area contributed by atoms with Crippen molar-refractivity contribution >= 4 is 5.97 Å². The minimum absolute atomic E-state index is 0.620. The van der Waals surface area contributed by atoms with Crippen molar-refractivity contribution in [3.63, 3.8) is 0 Å². The second kappa shape index (κ2) is 6.80. The molecular weight excluding hydrogens is 192 g/mol. The minimum atomic E-state index is -0.744. The summed E-state index contributed by atoms with van der Waals surface area (Å²) in [6.07, 6.45) is 1.24. The first-order valence-corrected chi connectivity index (χ1v) is 5.69. The summed E-state index contributed by atoms with van der Waals surface area (Å²) in [6.45, 7) is 8.50. The lowest BCUT2D eigenvalue weighted by Crippen LogP contribution is -2.52. The molecule has 0 saturated heterocycles. The molecule has 0 aromatic carbocycles. The first-order chi connectivity index (χ1) is 7.02. The molecule has 0 aliphatic rings. The quantitative estimate of drug-likeness (QED) is 0.639. The summed E-state index contributed by atoms with van der Waals surface area (Å²) in [5, 5.41) is 12.3. The molecule has 0 unspecified atom stereocenters.